The van der Waals surface area contributed by atoms with Gasteiger partial charge in [-0.25, -0.2) is 19.3 Å². The number of pyridine rings is 2. The number of fused-ring (bicyclic) bond motifs is 1. The highest BCUT2D eigenvalue weighted by molar-refractivity contribution is 7.19. The lowest BCUT2D eigenvalue weighted by Gasteiger charge is -2.09. The maximum Gasteiger partial charge on any atom is 0.172 e. The van der Waals surface area contributed by atoms with Gasteiger partial charge in [-0.3, -0.25) is 0 Å². The van der Waals surface area contributed by atoms with Crippen LogP contribution in [0.3, 0.4) is 0 Å². The predicted molar refractivity (Wildman–Crippen MR) is 109 cm³/mol. The van der Waals surface area contributed by atoms with E-state index in [1.807, 2.05) is 6.07 Å². The molecule has 28 heavy (non-hydrogen) atoms. The van der Waals surface area contributed by atoms with Crippen molar-refractivity contribution in [3.8, 4) is 6.07 Å². The topological polar surface area (TPSA) is 74.5 Å². The van der Waals surface area contributed by atoms with E-state index in [0.717, 1.165) is 15.3 Å². The number of thiazole rings is 1. The second-order valence-electron chi connectivity index (χ2n) is 5.84. The molecular weight excluding hydrogens is 420 g/mol. The first-order valence-electron chi connectivity index (χ1n) is 8.04. The fourth-order valence-electron chi connectivity index (χ4n) is 2.61. The number of anilines is 2. The predicted octanol–water partition coefficient (Wildman–Crippen LogP) is 5.74. The molecule has 3 heterocycles. The van der Waals surface area contributed by atoms with Crippen molar-refractivity contribution in [1.82, 2.24) is 15.0 Å². The van der Waals surface area contributed by atoms with E-state index in [2.05, 4.69) is 26.3 Å². The van der Waals surface area contributed by atoms with Gasteiger partial charge in [-0.1, -0.05) is 29.3 Å². The van der Waals surface area contributed by atoms with Crippen LogP contribution in [0.4, 0.5) is 15.8 Å². The minimum Gasteiger partial charge on any atom is -0.353 e. The molecule has 0 unspecified atom stereocenters. The quantitative estimate of drug-likeness (QED) is 0.418. The van der Waals surface area contributed by atoms with Gasteiger partial charge in [0.05, 0.1) is 21.0 Å². The average molecular weight is 430 g/mol. The highest BCUT2D eigenvalue weighted by atomic mass is 35.5. The summed E-state index contributed by atoms with van der Waals surface area (Å²) in [6.07, 6.45) is 3.72. The second kappa shape index (κ2) is 7.68. The molecule has 0 fully saturated rings. The molecule has 0 saturated carbocycles. The van der Waals surface area contributed by atoms with Gasteiger partial charge in [-0.2, -0.15) is 5.26 Å². The van der Waals surface area contributed by atoms with Crippen LogP contribution >= 0.6 is 34.5 Å². The Kier molecular flexibility index (Phi) is 5.09. The van der Waals surface area contributed by atoms with Crippen LogP contribution in [0.5, 0.6) is 0 Å². The Bertz CT molecular complexity index is 1220. The molecule has 0 amide bonds. The van der Waals surface area contributed by atoms with Crippen molar-refractivity contribution in [2.75, 3.05) is 5.32 Å². The Labute approximate surface area is 173 Å². The van der Waals surface area contributed by atoms with E-state index in [-0.39, 0.29) is 5.02 Å². The smallest absolute Gasteiger partial charge is 0.172 e. The molecule has 9 heteroatoms. The van der Waals surface area contributed by atoms with Gasteiger partial charge in [0.25, 0.3) is 0 Å². The molecule has 0 atom stereocenters. The molecule has 0 spiro atoms. The van der Waals surface area contributed by atoms with Crippen LogP contribution < -0.4 is 5.32 Å². The molecular formula is C19H10Cl2FN5S. The Morgan fingerprint density at radius 2 is 2.00 bits per heavy atom. The van der Waals surface area contributed by atoms with E-state index >= 15 is 0 Å². The van der Waals surface area contributed by atoms with E-state index in [0.29, 0.717) is 34.2 Å². The van der Waals surface area contributed by atoms with Crippen LogP contribution in [0, 0.1) is 17.1 Å². The number of nitrogens with one attached hydrogen (secondary N) is 1. The molecule has 4 aromatic rings. The molecule has 138 valence electrons. The van der Waals surface area contributed by atoms with E-state index in [1.54, 1.807) is 18.3 Å². The van der Waals surface area contributed by atoms with Gasteiger partial charge in [0.2, 0.25) is 0 Å². The molecule has 0 aliphatic carbocycles. The summed E-state index contributed by atoms with van der Waals surface area (Å²) in [5, 5.41) is 13.9. The van der Waals surface area contributed by atoms with Gasteiger partial charge >= 0.3 is 0 Å². The van der Waals surface area contributed by atoms with Crippen molar-refractivity contribution in [3.63, 3.8) is 0 Å². The Balaban J connectivity index is 1.73. The van der Waals surface area contributed by atoms with Gasteiger partial charge in [-0.05, 0) is 29.8 Å². The molecule has 0 bridgehead atoms. The van der Waals surface area contributed by atoms with Crippen molar-refractivity contribution in [3.05, 3.63) is 74.9 Å². The minimum atomic E-state index is -0.510. The van der Waals surface area contributed by atoms with Crippen molar-refractivity contribution >= 4 is 56.3 Å². The molecule has 0 aliphatic heterocycles. The third-order valence-corrected chi connectivity index (χ3v) is 5.49. The minimum absolute atomic E-state index is 0.00552. The number of nitriles is 1. The summed E-state index contributed by atoms with van der Waals surface area (Å²) in [5.74, 6) is -0.510. The first kappa shape index (κ1) is 18.6. The van der Waals surface area contributed by atoms with E-state index < -0.39 is 5.82 Å². The summed E-state index contributed by atoms with van der Waals surface area (Å²) in [5.41, 5.74) is 2.97. The number of nitrogens with zero attached hydrogens (tertiary/aromatic N) is 4. The average Bonchev–Trinajstić information content (AvgIpc) is 3.10. The molecule has 4 rings (SSSR count). The zero-order valence-corrected chi connectivity index (χ0v) is 16.4. The van der Waals surface area contributed by atoms with Crippen molar-refractivity contribution in [1.29, 1.82) is 5.26 Å². The second-order valence-corrected chi connectivity index (χ2v) is 7.72. The molecule has 1 aromatic carbocycles. The number of aromatic nitrogens is 3. The van der Waals surface area contributed by atoms with Crippen LogP contribution in [0.25, 0.3) is 10.3 Å². The van der Waals surface area contributed by atoms with Crippen LogP contribution in [0.15, 0.2) is 42.7 Å². The third-order valence-electron chi connectivity index (χ3n) is 3.92. The number of hydrogen-bond acceptors (Lipinski definition) is 6. The fraction of sp³-hybridized carbons (Fsp3) is 0.0526. The summed E-state index contributed by atoms with van der Waals surface area (Å²) < 4.78 is 14.2. The maximum absolute atomic E-state index is 13.4. The van der Waals surface area contributed by atoms with Gasteiger partial charge in [0.15, 0.2) is 5.65 Å². The summed E-state index contributed by atoms with van der Waals surface area (Å²) >= 11 is 13.1. The molecule has 3 aromatic heterocycles. The number of rotatable bonds is 4. The van der Waals surface area contributed by atoms with Crippen LogP contribution in [0.2, 0.25) is 10.2 Å². The standard InChI is InChI=1S/C19H10Cl2FN5S/c20-13-6-12(2-3-14(13)22)26-17-11(7-23)9-25-19-18(17)28-16(27-19)5-10-1-4-15(21)24-8-10/h1-4,6,8-9H,5H2,(H,25,26). The maximum atomic E-state index is 13.4. The largest absolute Gasteiger partial charge is 0.353 e. The Hall–Kier alpha value is -2.79. The zero-order valence-electron chi connectivity index (χ0n) is 14.1. The normalized spacial score (nSPS) is 10.8. The summed E-state index contributed by atoms with van der Waals surface area (Å²) in [7, 11) is 0. The van der Waals surface area contributed by atoms with Crippen LogP contribution in [-0.4, -0.2) is 15.0 Å². The molecule has 0 radical (unpaired) electrons. The molecule has 5 nitrogen and oxygen atoms in total. The SMILES string of the molecule is N#Cc1cnc2nc(Cc3ccc(Cl)nc3)sc2c1Nc1ccc(F)c(Cl)c1. The summed E-state index contributed by atoms with van der Waals surface area (Å²) in [4.78, 5) is 12.9. The number of benzene rings is 1. The van der Waals surface area contributed by atoms with E-state index in [4.69, 9.17) is 23.2 Å². The summed E-state index contributed by atoms with van der Waals surface area (Å²) in [6, 6.07) is 10.0. The van der Waals surface area contributed by atoms with E-state index in [9.17, 15) is 9.65 Å². The number of hydrogen-bond donors (Lipinski definition) is 1. The zero-order chi connectivity index (χ0) is 19.7. The van der Waals surface area contributed by atoms with Gasteiger partial charge in [0, 0.05) is 24.5 Å². The van der Waals surface area contributed by atoms with Gasteiger partial charge in [-0.15, -0.1) is 11.3 Å². The monoisotopic (exact) mass is 429 g/mol. The molecule has 0 aliphatic rings. The lowest BCUT2D eigenvalue weighted by atomic mass is 10.2. The van der Waals surface area contributed by atoms with Crippen molar-refractivity contribution < 1.29 is 4.39 Å². The lowest BCUT2D eigenvalue weighted by Crippen LogP contribution is -1.96. The third kappa shape index (κ3) is 3.76. The van der Waals surface area contributed by atoms with Crippen molar-refractivity contribution in [2.45, 2.75) is 6.42 Å². The lowest BCUT2D eigenvalue weighted by molar-refractivity contribution is 0.628. The number of halogens is 3. The van der Waals surface area contributed by atoms with Gasteiger partial charge in [0.1, 0.15) is 22.0 Å². The first-order chi connectivity index (χ1) is 13.5. The van der Waals surface area contributed by atoms with Gasteiger partial charge < -0.3 is 5.32 Å². The van der Waals surface area contributed by atoms with Crippen LogP contribution in [-0.2, 0) is 6.42 Å². The Morgan fingerprint density at radius 3 is 2.71 bits per heavy atom. The fourth-order valence-corrected chi connectivity index (χ4v) is 3.96. The first-order valence-corrected chi connectivity index (χ1v) is 9.62. The van der Waals surface area contributed by atoms with Crippen molar-refractivity contribution in [2.24, 2.45) is 0 Å². The van der Waals surface area contributed by atoms with Crippen LogP contribution in [0.1, 0.15) is 16.1 Å². The highest BCUT2D eigenvalue weighted by Gasteiger charge is 2.15. The highest BCUT2D eigenvalue weighted by Crippen LogP contribution is 2.34. The molecule has 1 N–H and O–H groups in total. The summed E-state index contributed by atoms with van der Waals surface area (Å²) in [6.45, 7) is 0. The van der Waals surface area contributed by atoms with E-state index in [1.165, 1.54) is 29.7 Å². The molecule has 0 saturated heterocycles. The Morgan fingerprint density at radius 1 is 1.14 bits per heavy atom.